The molecule has 0 saturated heterocycles. The van der Waals surface area contributed by atoms with E-state index in [2.05, 4.69) is 13.8 Å². The molecule has 0 aromatic carbocycles. The molecule has 0 fully saturated rings. The van der Waals surface area contributed by atoms with Crippen LogP contribution in [-0.4, -0.2) is 24.9 Å². The number of hydrogen-bond donors (Lipinski definition) is 0. The van der Waals surface area contributed by atoms with Crippen LogP contribution in [0.1, 0.15) is 33.1 Å². The van der Waals surface area contributed by atoms with Crippen molar-refractivity contribution in [1.82, 2.24) is 4.90 Å². The van der Waals surface area contributed by atoms with Gasteiger partial charge in [-0.1, -0.05) is 20.3 Å². The molecule has 0 spiro atoms. The predicted molar refractivity (Wildman–Crippen MR) is 47.4 cm³/mol. The topological polar surface area (TPSA) is 20.3 Å². The number of carbonyl (C=O) groups excluding carboxylic acids is 1. The number of nitrogens with zero attached hydrogens (tertiary/aromatic N) is 1. The summed E-state index contributed by atoms with van der Waals surface area (Å²) >= 11 is 0. The van der Waals surface area contributed by atoms with Crippen molar-refractivity contribution in [2.75, 3.05) is 14.1 Å². The maximum atomic E-state index is 11.4. The second-order valence-corrected chi connectivity index (χ2v) is 3.13. The van der Waals surface area contributed by atoms with E-state index in [1.54, 1.807) is 4.90 Å². The Morgan fingerprint density at radius 3 is 2.18 bits per heavy atom. The van der Waals surface area contributed by atoms with Gasteiger partial charge < -0.3 is 4.90 Å². The van der Waals surface area contributed by atoms with E-state index in [9.17, 15) is 4.79 Å². The van der Waals surface area contributed by atoms with Gasteiger partial charge in [0.15, 0.2) is 0 Å². The van der Waals surface area contributed by atoms with E-state index in [1.807, 2.05) is 14.1 Å². The summed E-state index contributed by atoms with van der Waals surface area (Å²) in [6, 6.07) is 0. The van der Waals surface area contributed by atoms with E-state index in [4.69, 9.17) is 0 Å². The van der Waals surface area contributed by atoms with Crippen molar-refractivity contribution in [2.24, 2.45) is 5.92 Å². The summed E-state index contributed by atoms with van der Waals surface area (Å²) in [5.41, 5.74) is 0. The van der Waals surface area contributed by atoms with E-state index in [0.29, 0.717) is 0 Å². The monoisotopic (exact) mass is 157 g/mol. The minimum Gasteiger partial charge on any atom is -0.349 e. The van der Waals surface area contributed by atoms with Crippen molar-refractivity contribution >= 4 is 5.91 Å². The predicted octanol–water partition coefficient (Wildman–Crippen LogP) is 1.90. The van der Waals surface area contributed by atoms with Gasteiger partial charge in [0.05, 0.1) is 0 Å². The highest BCUT2D eigenvalue weighted by molar-refractivity contribution is 5.78. The van der Waals surface area contributed by atoms with Crippen molar-refractivity contribution in [1.29, 1.82) is 0 Å². The molecule has 0 bridgehead atoms. The number of rotatable bonds is 4. The molecule has 1 amide bonds. The molecule has 0 aromatic heterocycles. The fourth-order valence-electron chi connectivity index (χ4n) is 1.22. The molecule has 0 aliphatic rings. The first-order valence-electron chi connectivity index (χ1n) is 4.34. The zero-order valence-corrected chi connectivity index (χ0v) is 8.05. The normalized spacial score (nSPS) is 12.7. The van der Waals surface area contributed by atoms with Gasteiger partial charge in [0.2, 0.25) is 5.91 Å². The molecular weight excluding hydrogens is 138 g/mol. The van der Waals surface area contributed by atoms with Crippen LogP contribution >= 0.6 is 0 Å². The summed E-state index contributed by atoms with van der Waals surface area (Å²) in [5, 5.41) is 0. The molecule has 0 radical (unpaired) electrons. The van der Waals surface area contributed by atoms with E-state index < -0.39 is 0 Å². The first-order valence-corrected chi connectivity index (χ1v) is 4.34. The molecule has 0 aromatic rings. The molecule has 0 heterocycles. The zero-order chi connectivity index (χ0) is 8.85. The molecule has 0 saturated carbocycles. The molecule has 0 rings (SSSR count). The summed E-state index contributed by atoms with van der Waals surface area (Å²) in [7, 11) is 3.64. The van der Waals surface area contributed by atoms with Crippen molar-refractivity contribution < 1.29 is 4.79 Å². The smallest absolute Gasteiger partial charge is 0.225 e. The summed E-state index contributed by atoms with van der Waals surface area (Å²) in [6.07, 6.45) is 3.08. The van der Waals surface area contributed by atoms with Gasteiger partial charge in [-0.3, -0.25) is 4.79 Å². The highest BCUT2D eigenvalue weighted by atomic mass is 16.2. The molecule has 0 aliphatic heterocycles. The highest BCUT2D eigenvalue weighted by Crippen LogP contribution is 2.12. The van der Waals surface area contributed by atoms with Gasteiger partial charge in [0, 0.05) is 20.0 Å². The molecule has 1 atom stereocenters. The highest BCUT2D eigenvalue weighted by Gasteiger charge is 2.16. The molecule has 0 unspecified atom stereocenters. The Balaban J connectivity index is 3.92. The Morgan fingerprint density at radius 1 is 1.36 bits per heavy atom. The quantitative estimate of drug-likeness (QED) is 0.610. The lowest BCUT2D eigenvalue weighted by molar-refractivity contribution is -0.133. The van der Waals surface area contributed by atoms with Crippen LogP contribution in [0.15, 0.2) is 0 Å². The van der Waals surface area contributed by atoms with Gasteiger partial charge in [-0.2, -0.15) is 0 Å². The van der Waals surface area contributed by atoms with Crippen molar-refractivity contribution in [3.8, 4) is 0 Å². The Bertz CT molecular complexity index is 121. The maximum Gasteiger partial charge on any atom is 0.225 e. The minimum atomic E-state index is 0.245. The minimum absolute atomic E-state index is 0.245. The SMILES string of the molecule is CCC[C@H](CC)C(=O)N(C)C. The van der Waals surface area contributed by atoms with E-state index in [-0.39, 0.29) is 11.8 Å². The molecule has 66 valence electrons. The molecule has 0 aliphatic carbocycles. The van der Waals surface area contributed by atoms with E-state index in [0.717, 1.165) is 19.3 Å². The Hall–Kier alpha value is -0.530. The Kier molecular flexibility index (Phi) is 4.92. The van der Waals surface area contributed by atoms with Crippen LogP contribution in [0.2, 0.25) is 0 Å². The van der Waals surface area contributed by atoms with Crippen LogP contribution in [0.3, 0.4) is 0 Å². The average molecular weight is 157 g/mol. The second kappa shape index (κ2) is 5.16. The molecule has 11 heavy (non-hydrogen) atoms. The largest absolute Gasteiger partial charge is 0.349 e. The lowest BCUT2D eigenvalue weighted by Gasteiger charge is -2.18. The summed E-state index contributed by atoms with van der Waals surface area (Å²) < 4.78 is 0. The van der Waals surface area contributed by atoms with Gasteiger partial charge >= 0.3 is 0 Å². The number of amides is 1. The van der Waals surface area contributed by atoms with Crippen molar-refractivity contribution in [3.63, 3.8) is 0 Å². The van der Waals surface area contributed by atoms with Gasteiger partial charge in [0.1, 0.15) is 0 Å². The zero-order valence-electron chi connectivity index (χ0n) is 8.05. The molecule has 2 heteroatoms. The lowest BCUT2D eigenvalue weighted by Crippen LogP contribution is -2.29. The number of carbonyl (C=O) groups is 1. The van der Waals surface area contributed by atoms with Crippen LogP contribution in [0.25, 0.3) is 0 Å². The molecule has 2 nitrogen and oxygen atoms in total. The Morgan fingerprint density at radius 2 is 1.91 bits per heavy atom. The third-order valence-electron chi connectivity index (χ3n) is 1.92. The van der Waals surface area contributed by atoms with Crippen LogP contribution in [0.5, 0.6) is 0 Å². The van der Waals surface area contributed by atoms with Crippen molar-refractivity contribution in [2.45, 2.75) is 33.1 Å². The lowest BCUT2D eigenvalue weighted by atomic mass is 10.00. The first kappa shape index (κ1) is 10.5. The van der Waals surface area contributed by atoms with E-state index >= 15 is 0 Å². The summed E-state index contributed by atoms with van der Waals surface area (Å²) in [4.78, 5) is 13.1. The molecule has 0 N–H and O–H groups in total. The Labute approximate surface area is 69.6 Å². The van der Waals surface area contributed by atoms with E-state index in [1.165, 1.54) is 0 Å². The maximum absolute atomic E-state index is 11.4. The van der Waals surface area contributed by atoms with Gasteiger partial charge in [-0.05, 0) is 12.8 Å². The fourth-order valence-corrected chi connectivity index (χ4v) is 1.22. The van der Waals surface area contributed by atoms with Gasteiger partial charge in [-0.15, -0.1) is 0 Å². The van der Waals surface area contributed by atoms with Gasteiger partial charge in [0.25, 0.3) is 0 Å². The van der Waals surface area contributed by atoms with Crippen LogP contribution in [0.4, 0.5) is 0 Å². The van der Waals surface area contributed by atoms with Crippen LogP contribution in [0, 0.1) is 5.92 Å². The van der Waals surface area contributed by atoms with Crippen LogP contribution in [-0.2, 0) is 4.79 Å². The summed E-state index contributed by atoms with van der Waals surface area (Å²) in [5.74, 6) is 0.518. The van der Waals surface area contributed by atoms with Crippen molar-refractivity contribution in [3.05, 3.63) is 0 Å². The third kappa shape index (κ3) is 3.40. The van der Waals surface area contributed by atoms with Crippen LogP contribution < -0.4 is 0 Å². The van der Waals surface area contributed by atoms with Gasteiger partial charge in [-0.25, -0.2) is 0 Å². The average Bonchev–Trinajstić information content (AvgIpc) is 1.98. The third-order valence-corrected chi connectivity index (χ3v) is 1.92. The fraction of sp³-hybridized carbons (Fsp3) is 0.889. The number of hydrogen-bond acceptors (Lipinski definition) is 1. The standard InChI is InChI=1S/C9H19NO/c1-5-7-8(6-2)9(11)10(3)4/h8H,5-7H2,1-4H3/t8-/m0/s1. The second-order valence-electron chi connectivity index (χ2n) is 3.13. The summed E-state index contributed by atoms with van der Waals surface area (Å²) in [6.45, 7) is 4.19. The first-order chi connectivity index (χ1) is 5.13. The molecular formula is C9H19NO.